The van der Waals surface area contributed by atoms with Gasteiger partial charge < -0.3 is 10.2 Å². The van der Waals surface area contributed by atoms with Gasteiger partial charge in [0.1, 0.15) is 12.0 Å². The molecule has 0 fully saturated rings. The molecule has 0 bridgehead atoms. The highest BCUT2D eigenvalue weighted by Gasteiger charge is 2.38. The number of nitrogens with one attached hydrogen (secondary N) is 1. The summed E-state index contributed by atoms with van der Waals surface area (Å²) >= 11 is 0. The van der Waals surface area contributed by atoms with Crippen LogP contribution in [0.2, 0.25) is 0 Å². The fraction of sp³-hybridized carbons (Fsp3) is 0.100. The Balaban J connectivity index is 1.68. The number of hydrogen-bond donors (Lipinski definition) is 1. The lowest BCUT2D eigenvalue weighted by atomic mass is 10.2. The number of aromatic nitrogens is 1. The molecule has 3 aromatic rings. The average molecular weight is 378 g/mol. The molecule has 1 aliphatic heterocycles. The largest absolute Gasteiger partial charge is 0.360 e. The second-order valence-corrected chi connectivity index (χ2v) is 6.35. The molecule has 4 rings (SSSR count). The van der Waals surface area contributed by atoms with Crippen LogP contribution in [0, 0.1) is 15.9 Å². The summed E-state index contributed by atoms with van der Waals surface area (Å²) in [5, 5.41) is 14.2. The molecule has 0 saturated heterocycles. The lowest BCUT2D eigenvalue weighted by molar-refractivity contribution is -0.384. The van der Waals surface area contributed by atoms with Gasteiger partial charge in [0.05, 0.1) is 16.2 Å². The molecule has 28 heavy (non-hydrogen) atoms. The second-order valence-electron chi connectivity index (χ2n) is 6.35. The van der Waals surface area contributed by atoms with E-state index < -0.39 is 11.1 Å². The molecule has 140 valence electrons. The lowest BCUT2D eigenvalue weighted by Gasteiger charge is -2.26. The summed E-state index contributed by atoms with van der Waals surface area (Å²) in [6.07, 6.45) is 0.992. The number of non-ortho nitro benzene ring substituents is 1. The number of benzene rings is 2. The van der Waals surface area contributed by atoms with Crippen molar-refractivity contribution >= 4 is 17.3 Å². The maximum atomic E-state index is 13.2. The zero-order chi connectivity index (χ0) is 19.7. The van der Waals surface area contributed by atoms with Crippen LogP contribution < -0.4 is 5.32 Å². The Morgan fingerprint density at radius 1 is 1.14 bits per heavy atom. The zero-order valence-electron chi connectivity index (χ0n) is 14.6. The molecule has 1 aliphatic rings. The van der Waals surface area contributed by atoms with Crippen LogP contribution in [0.1, 0.15) is 27.8 Å². The van der Waals surface area contributed by atoms with Gasteiger partial charge in [0.25, 0.3) is 11.6 Å². The highest BCUT2D eigenvalue weighted by Crippen LogP contribution is 2.34. The highest BCUT2D eigenvalue weighted by atomic mass is 19.1. The van der Waals surface area contributed by atoms with Crippen molar-refractivity contribution in [3.05, 3.63) is 99.6 Å². The third-order valence-corrected chi connectivity index (χ3v) is 4.53. The first kappa shape index (κ1) is 17.6. The number of halogens is 1. The first-order valence-electron chi connectivity index (χ1n) is 8.54. The van der Waals surface area contributed by atoms with Crippen molar-refractivity contribution in [2.24, 2.45) is 0 Å². The number of pyridine rings is 1. The summed E-state index contributed by atoms with van der Waals surface area (Å²) in [6.45, 7) is 0.238. The van der Waals surface area contributed by atoms with E-state index in [9.17, 15) is 19.3 Å². The molecule has 1 atom stereocenters. The number of nitro benzene ring substituents is 1. The van der Waals surface area contributed by atoms with Crippen LogP contribution in [-0.4, -0.2) is 20.7 Å². The quantitative estimate of drug-likeness (QED) is 0.537. The number of fused-ring (bicyclic) bond motifs is 1. The van der Waals surface area contributed by atoms with Crippen LogP contribution in [0.5, 0.6) is 0 Å². The molecule has 7 nitrogen and oxygen atoms in total. The fourth-order valence-electron chi connectivity index (χ4n) is 3.20. The van der Waals surface area contributed by atoms with Crippen molar-refractivity contribution in [2.45, 2.75) is 12.7 Å². The van der Waals surface area contributed by atoms with Crippen molar-refractivity contribution in [2.75, 3.05) is 5.32 Å². The molecule has 0 radical (unpaired) electrons. The maximum absolute atomic E-state index is 13.2. The second kappa shape index (κ2) is 7.07. The van der Waals surface area contributed by atoms with E-state index in [1.807, 2.05) is 0 Å². The molecule has 2 heterocycles. The Kier molecular flexibility index (Phi) is 4.44. The number of carbonyl (C=O) groups is 1. The van der Waals surface area contributed by atoms with E-state index in [1.165, 1.54) is 24.3 Å². The van der Waals surface area contributed by atoms with Gasteiger partial charge in [-0.3, -0.25) is 19.9 Å². The SMILES string of the molecule is O=C1c2cccnc2[C@H](Nc2cccc([N+](=O)[O-])c2)N1Cc1ccc(F)cc1. The van der Waals surface area contributed by atoms with Gasteiger partial charge in [-0.15, -0.1) is 0 Å². The molecule has 8 heteroatoms. The Morgan fingerprint density at radius 2 is 1.93 bits per heavy atom. The highest BCUT2D eigenvalue weighted by molar-refractivity contribution is 5.98. The van der Waals surface area contributed by atoms with Gasteiger partial charge in [-0.25, -0.2) is 4.39 Å². The zero-order valence-corrected chi connectivity index (χ0v) is 14.6. The first-order chi connectivity index (χ1) is 13.5. The molecule has 1 amide bonds. The van der Waals surface area contributed by atoms with Crippen LogP contribution in [0.15, 0.2) is 66.9 Å². The van der Waals surface area contributed by atoms with Crippen molar-refractivity contribution in [3.63, 3.8) is 0 Å². The van der Waals surface area contributed by atoms with E-state index in [1.54, 1.807) is 47.5 Å². The van der Waals surface area contributed by atoms with Crippen molar-refractivity contribution in [1.29, 1.82) is 0 Å². The molecule has 0 saturated carbocycles. The molecule has 1 N–H and O–H groups in total. The van der Waals surface area contributed by atoms with Gasteiger partial charge in [-0.1, -0.05) is 18.2 Å². The summed E-state index contributed by atoms with van der Waals surface area (Å²) in [6, 6.07) is 15.3. The Bertz CT molecular complexity index is 1060. The number of nitrogens with zero attached hydrogens (tertiary/aromatic N) is 3. The van der Waals surface area contributed by atoms with E-state index in [0.717, 1.165) is 5.56 Å². The number of hydrogen-bond acceptors (Lipinski definition) is 5. The summed E-state index contributed by atoms with van der Waals surface area (Å²) in [5.74, 6) is -0.567. The Labute approximate surface area is 159 Å². The molecular formula is C20H15FN4O3. The van der Waals surface area contributed by atoms with Crippen molar-refractivity contribution < 1.29 is 14.1 Å². The molecule has 0 spiro atoms. The van der Waals surface area contributed by atoms with Gasteiger partial charge in [-0.05, 0) is 35.9 Å². The van der Waals surface area contributed by atoms with Crippen molar-refractivity contribution in [3.8, 4) is 0 Å². The number of anilines is 1. The molecule has 1 aromatic heterocycles. The van der Waals surface area contributed by atoms with Gasteiger partial charge in [0.2, 0.25) is 0 Å². The van der Waals surface area contributed by atoms with Crippen LogP contribution in [-0.2, 0) is 6.54 Å². The van der Waals surface area contributed by atoms with E-state index in [2.05, 4.69) is 10.3 Å². The summed E-state index contributed by atoms with van der Waals surface area (Å²) in [4.78, 5) is 29.4. The minimum Gasteiger partial charge on any atom is -0.360 e. The van der Waals surface area contributed by atoms with Crippen molar-refractivity contribution in [1.82, 2.24) is 9.88 Å². The van der Waals surface area contributed by atoms with Crippen LogP contribution >= 0.6 is 0 Å². The molecule has 0 aliphatic carbocycles. The minimum absolute atomic E-state index is 0.0550. The fourth-order valence-corrected chi connectivity index (χ4v) is 3.20. The number of nitro groups is 1. The van der Waals surface area contributed by atoms with Crippen LogP contribution in [0.3, 0.4) is 0 Å². The standard InChI is InChI=1S/C20H15FN4O3/c21-14-8-6-13(7-9-14)12-24-19(18-17(20(24)26)5-2-10-22-18)23-15-3-1-4-16(11-15)25(27)28/h1-11,19,23H,12H2/t19-/m1/s1. The minimum atomic E-state index is -0.601. The van der Waals surface area contributed by atoms with Gasteiger partial charge >= 0.3 is 0 Å². The van der Waals surface area contributed by atoms with E-state index >= 15 is 0 Å². The lowest BCUT2D eigenvalue weighted by Crippen LogP contribution is -2.32. The number of rotatable bonds is 5. The van der Waals surface area contributed by atoms with Gasteiger partial charge in [0, 0.05) is 30.6 Å². The van der Waals surface area contributed by atoms with Gasteiger partial charge in [0.15, 0.2) is 0 Å². The van der Waals surface area contributed by atoms with Crippen LogP contribution in [0.25, 0.3) is 0 Å². The molecule has 2 aromatic carbocycles. The summed E-state index contributed by atoms with van der Waals surface area (Å²) in [7, 11) is 0. The molecule has 0 unspecified atom stereocenters. The smallest absolute Gasteiger partial charge is 0.271 e. The predicted molar refractivity (Wildman–Crippen MR) is 100.0 cm³/mol. The average Bonchev–Trinajstić information content (AvgIpc) is 2.96. The Morgan fingerprint density at radius 3 is 2.68 bits per heavy atom. The maximum Gasteiger partial charge on any atom is 0.271 e. The monoisotopic (exact) mass is 378 g/mol. The number of amides is 1. The molecular weight excluding hydrogens is 363 g/mol. The topological polar surface area (TPSA) is 88.4 Å². The first-order valence-corrected chi connectivity index (χ1v) is 8.54. The summed E-state index contributed by atoms with van der Waals surface area (Å²) in [5.41, 5.74) is 2.21. The van der Waals surface area contributed by atoms with Crippen LogP contribution in [0.4, 0.5) is 15.8 Å². The third-order valence-electron chi connectivity index (χ3n) is 4.53. The predicted octanol–water partition coefficient (Wildman–Crippen LogP) is 3.90. The van der Waals surface area contributed by atoms with E-state index in [0.29, 0.717) is 16.9 Å². The normalized spacial score (nSPS) is 15.4. The third kappa shape index (κ3) is 3.27. The van der Waals surface area contributed by atoms with E-state index in [4.69, 9.17) is 0 Å². The van der Waals surface area contributed by atoms with Gasteiger partial charge in [-0.2, -0.15) is 0 Å². The Hall–Kier alpha value is -3.81. The van der Waals surface area contributed by atoms with E-state index in [-0.39, 0.29) is 24.0 Å². The summed E-state index contributed by atoms with van der Waals surface area (Å²) < 4.78 is 13.2. The number of carbonyl (C=O) groups excluding carboxylic acids is 1.